The molecule has 0 unspecified atom stereocenters. The number of fused-ring (bicyclic) bond motifs is 1. The summed E-state index contributed by atoms with van der Waals surface area (Å²) in [5.41, 5.74) is 2.36. The van der Waals surface area contributed by atoms with E-state index in [9.17, 15) is 18.0 Å². The van der Waals surface area contributed by atoms with Crippen LogP contribution in [-0.4, -0.2) is 10.9 Å². The first kappa shape index (κ1) is 23.9. The topological polar surface area (TPSA) is 54.0 Å². The standard InChI is InChI=1S/C25H18Cl2F3N3O/c1-14-9-23(31-17-4-2-3-16(12-17)25(28,29)30)33-22-8-6-18(13-19(14)22)32-24(34)11-15-5-7-20(26)21(27)10-15/h2-10,12-13H,11H2,1H3,(H,31,33)(H,32,34). The van der Waals surface area contributed by atoms with E-state index < -0.39 is 11.7 Å². The number of benzene rings is 3. The zero-order valence-electron chi connectivity index (χ0n) is 17.8. The molecule has 4 aromatic rings. The third-order valence-electron chi connectivity index (χ3n) is 5.11. The molecule has 1 amide bonds. The van der Waals surface area contributed by atoms with Gasteiger partial charge in [-0.15, -0.1) is 0 Å². The smallest absolute Gasteiger partial charge is 0.340 e. The fraction of sp³-hybridized carbons (Fsp3) is 0.120. The van der Waals surface area contributed by atoms with E-state index in [1.807, 2.05) is 6.92 Å². The summed E-state index contributed by atoms with van der Waals surface area (Å²) in [6.07, 6.45) is -4.29. The Balaban J connectivity index is 1.51. The molecule has 0 radical (unpaired) electrons. The van der Waals surface area contributed by atoms with Crippen LogP contribution in [0, 0.1) is 6.92 Å². The molecular weight excluding hydrogens is 486 g/mol. The zero-order valence-corrected chi connectivity index (χ0v) is 19.3. The number of amides is 1. The fourth-order valence-corrected chi connectivity index (χ4v) is 3.82. The van der Waals surface area contributed by atoms with Gasteiger partial charge in [-0.25, -0.2) is 4.98 Å². The Kier molecular flexibility index (Phi) is 6.68. The van der Waals surface area contributed by atoms with Crippen LogP contribution < -0.4 is 10.6 Å². The lowest BCUT2D eigenvalue weighted by molar-refractivity contribution is -0.137. The van der Waals surface area contributed by atoms with Crippen molar-refractivity contribution in [3.05, 3.63) is 93.5 Å². The predicted octanol–water partition coefficient (Wildman–Crippen LogP) is 7.79. The number of aryl methyl sites for hydroxylation is 1. The van der Waals surface area contributed by atoms with E-state index in [0.29, 0.717) is 27.1 Å². The van der Waals surface area contributed by atoms with Gasteiger partial charge in [-0.2, -0.15) is 13.2 Å². The van der Waals surface area contributed by atoms with Crippen molar-refractivity contribution in [3.8, 4) is 0 Å². The molecule has 3 aromatic carbocycles. The molecular formula is C25H18Cl2F3N3O. The number of carbonyl (C=O) groups is 1. The number of carbonyl (C=O) groups excluding carboxylic acids is 1. The van der Waals surface area contributed by atoms with E-state index in [1.165, 1.54) is 6.07 Å². The highest BCUT2D eigenvalue weighted by Gasteiger charge is 2.30. The van der Waals surface area contributed by atoms with Gasteiger partial charge in [0.15, 0.2) is 0 Å². The Hall–Kier alpha value is -3.29. The van der Waals surface area contributed by atoms with Crippen LogP contribution in [0.2, 0.25) is 10.0 Å². The van der Waals surface area contributed by atoms with Crippen LogP contribution in [0.3, 0.4) is 0 Å². The Bertz CT molecular complexity index is 1390. The highest BCUT2D eigenvalue weighted by Crippen LogP contribution is 2.32. The normalized spacial score (nSPS) is 11.5. The molecule has 1 aromatic heterocycles. The van der Waals surface area contributed by atoms with E-state index >= 15 is 0 Å². The first-order valence-corrected chi connectivity index (χ1v) is 10.9. The lowest BCUT2D eigenvalue weighted by Gasteiger charge is -2.13. The molecule has 1 heterocycles. The molecule has 0 aliphatic heterocycles. The minimum absolute atomic E-state index is 0.131. The summed E-state index contributed by atoms with van der Waals surface area (Å²) in [4.78, 5) is 17.0. The highest BCUT2D eigenvalue weighted by molar-refractivity contribution is 6.42. The van der Waals surface area contributed by atoms with Crippen LogP contribution in [0.25, 0.3) is 10.9 Å². The van der Waals surface area contributed by atoms with Crippen LogP contribution in [0.1, 0.15) is 16.7 Å². The molecule has 0 spiro atoms. The Morgan fingerprint density at radius 1 is 0.941 bits per heavy atom. The van der Waals surface area contributed by atoms with Crippen molar-refractivity contribution >= 4 is 57.2 Å². The van der Waals surface area contributed by atoms with Gasteiger partial charge in [-0.05, 0) is 72.6 Å². The SMILES string of the molecule is Cc1cc(Nc2cccc(C(F)(F)F)c2)nc2ccc(NC(=O)Cc3ccc(Cl)c(Cl)c3)cc12. The lowest BCUT2D eigenvalue weighted by Crippen LogP contribution is -2.14. The highest BCUT2D eigenvalue weighted by atomic mass is 35.5. The van der Waals surface area contributed by atoms with Gasteiger partial charge in [0.05, 0.1) is 27.5 Å². The third-order valence-corrected chi connectivity index (χ3v) is 5.85. The fourth-order valence-electron chi connectivity index (χ4n) is 3.50. The number of aromatic nitrogens is 1. The van der Waals surface area contributed by atoms with Gasteiger partial charge >= 0.3 is 6.18 Å². The van der Waals surface area contributed by atoms with Crippen LogP contribution in [-0.2, 0) is 17.4 Å². The number of rotatable bonds is 5. The van der Waals surface area contributed by atoms with Crippen LogP contribution in [0.5, 0.6) is 0 Å². The monoisotopic (exact) mass is 503 g/mol. The first-order chi connectivity index (χ1) is 16.1. The minimum Gasteiger partial charge on any atom is -0.340 e. The van der Waals surface area contributed by atoms with E-state index in [0.717, 1.165) is 28.6 Å². The second-order valence-corrected chi connectivity index (χ2v) is 8.55. The largest absolute Gasteiger partial charge is 0.416 e. The van der Waals surface area contributed by atoms with Gasteiger partial charge in [0.2, 0.25) is 5.91 Å². The number of hydrogen-bond acceptors (Lipinski definition) is 3. The van der Waals surface area contributed by atoms with Crippen molar-refractivity contribution in [2.45, 2.75) is 19.5 Å². The van der Waals surface area contributed by atoms with Crippen molar-refractivity contribution < 1.29 is 18.0 Å². The Morgan fingerprint density at radius 2 is 1.74 bits per heavy atom. The van der Waals surface area contributed by atoms with Gasteiger partial charge in [0.25, 0.3) is 0 Å². The van der Waals surface area contributed by atoms with E-state index in [1.54, 1.807) is 48.5 Å². The number of alkyl halides is 3. The molecule has 2 N–H and O–H groups in total. The molecule has 9 heteroatoms. The quantitative estimate of drug-likeness (QED) is 0.292. The first-order valence-electron chi connectivity index (χ1n) is 10.2. The summed E-state index contributed by atoms with van der Waals surface area (Å²) in [5, 5.41) is 7.40. The van der Waals surface area contributed by atoms with Crippen molar-refractivity contribution in [2.24, 2.45) is 0 Å². The number of anilines is 3. The van der Waals surface area contributed by atoms with E-state index in [4.69, 9.17) is 23.2 Å². The number of pyridine rings is 1. The maximum absolute atomic E-state index is 13.0. The van der Waals surface area contributed by atoms with Crippen LogP contribution in [0.15, 0.2) is 66.7 Å². The maximum atomic E-state index is 13.0. The molecule has 4 nitrogen and oxygen atoms in total. The molecule has 0 saturated carbocycles. The van der Waals surface area contributed by atoms with Gasteiger partial charge < -0.3 is 10.6 Å². The van der Waals surface area contributed by atoms with Crippen LogP contribution in [0.4, 0.5) is 30.4 Å². The average Bonchev–Trinajstić information content (AvgIpc) is 2.76. The number of hydrogen-bond donors (Lipinski definition) is 2. The summed E-state index contributed by atoms with van der Waals surface area (Å²) >= 11 is 11.9. The van der Waals surface area contributed by atoms with Crippen LogP contribution >= 0.6 is 23.2 Å². The molecule has 0 saturated heterocycles. The van der Waals surface area contributed by atoms with Crippen molar-refractivity contribution in [1.29, 1.82) is 0 Å². The van der Waals surface area contributed by atoms with Gasteiger partial charge in [0.1, 0.15) is 5.82 Å². The molecule has 0 aliphatic carbocycles. The Labute approximate surface area is 203 Å². The second kappa shape index (κ2) is 9.52. The molecule has 0 fully saturated rings. The molecule has 0 bridgehead atoms. The summed E-state index contributed by atoms with van der Waals surface area (Å²) in [7, 11) is 0. The van der Waals surface area contributed by atoms with Gasteiger partial charge in [0, 0.05) is 16.8 Å². The number of nitrogens with zero attached hydrogens (tertiary/aromatic N) is 1. The molecule has 174 valence electrons. The number of halogens is 5. The van der Waals surface area contributed by atoms with Gasteiger partial charge in [-0.1, -0.05) is 35.3 Å². The minimum atomic E-state index is -4.43. The van der Waals surface area contributed by atoms with Crippen molar-refractivity contribution in [1.82, 2.24) is 4.98 Å². The summed E-state index contributed by atoms with van der Waals surface area (Å²) < 4.78 is 38.9. The van der Waals surface area contributed by atoms with E-state index in [2.05, 4.69) is 15.6 Å². The second-order valence-electron chi connectivity index (χ2n) is 7.73. The number of nitrogens with one attached hydrogen (secondary N) is 2. The molecule has 0 atom stereocenters. The maximum Gasteiger partial charge on any atom is 0.416 e. The lowest BCUT2D eigenvalue weighted by atomic mass is 10.1. The van der Waals surface area contributed by atoms with Gasteiger partial charge in [-0.3, -0.25) is 4.79 Å². The average molecular weight is 504 g/mol. The van der Waals surface area contributed by atoms with Crippen molar-refractivity contribution in [2.75, 3.05) is 10.6 Å². The molecule has 4 rings (SSSR count). The molecule has 0 aliphatic rings. The molecule has 34 heavy (non-hydrogen) atoms. The third kappa shape index (κ3) is 5.61. The van der Waals surface area contributed by atoms with E-state index in [-0.39, 0.29) is 18.0 Å². The predicted molar refractivity (Wildman–Crippen MR) is 130 cm³/mol. The zero-order chi connectivity index (χ0) is 24.5. The van der Waals surface area contributed by atoms with Crippen molar-refractivity contribution in [3.63, 3.8) is 0 Å². The summed E-state index contributed by atoms with van der Waals surface area (Å²) in [5.74, 6) is 0.201. The Morgan fingerprint density at radius 3 is 2.47 bits per heavy atom. The summed E-state index contributed by atoms with van der Waals surface area (Å²) in [6.45, 7) is 1.86. The summed E-state index contributed by atoms with van der Waals surface area (Å²) in [6, 6.07) is 17.0.